The predicted molar refractivity (Wildman–Crippen MR) is 144 cm³/mol. The number of carboxylic acid groups (broad SMARTS) is 1. The molecular weight excluding hydrogens is 483 g/mol. The molecule has 5 nitrogen and oxygen atoms in total. The van der Waals surface area contributed by atoms with Gasteiger partial charge in [0.2, 0.25) is 0 Å². The molecule has 38 heavy (non-hydrogen) atoms. The van der Waals surface area contributed by atoms with E-state index in [-0.39, 0.29) is 40.3 Å². The third kappa shape index (κ3) is 4.48. The minimum absolute atomic E-state index is 0.136. The van der Waals surface area contributed by atoms with Crippen molar-refractivity contribution in [1.29, 1.82) is 0 Å². The maximum Gasteiger partial charge on any atom is 0.339 e. The number of fused-ring (bicyclic) bond motifs is 5. The van der Waals surface area contributed by atoms with E-state index >= 15 is 0 Å². The zero-order valence-electron chi connectivity index (χ0n) is 23.5. The standard InChI is InChI=1S/C32H47FO5/c1-5-21-26-17-20(34)10-13-32(26,4)25-11-14-31(3)23(7-8-24(31)28(25)29(21)35)18(2)12-15-38-27-9-6-19(33)16-22(27)30(36)37/h6,9,16,18,20-21,23-26,28-29,34-35H,5,7-8,10-15,17H2,1-4H3,(H,36,37)/t18-,20-,21-,23-,24?,25?,26+,28?,29?,31-,32-/m1/s1. The summed E-state index contributed by atoms with van der Waals surface area (Å²) in [5.41, 5.74) is 0.251. The predicted octanol–water partition coefficient (Wildman–Crippen LogP) is 6.56. The molecule has 4 fully saturated rings. The molecule has 0 amide bonds. The fourth-order valence-electron chi connectivity index (χ4n) is 10.3. The van der Waals surface area contributed by atoms with Crippen LogP contribution in [0.1, 0.15) is 95.8 Å². The van der Waals surface area contributed by atoms with Gasteiger partial charge in [-0.25, -0.2) is 9.18 Å². The average molecular weight is 531 g/mol. The van der Waals surface area contributed by atoms with E-state index in [2.05, 4.69) is 27.7 Å². The molecule has 0 heterocycles. The monoisotopic (exact) mass is 530 g/mol. The lowest BCUT2D eigenvalue weighted by Crippen LogP contribution is -2.62. The van der Waals surface area contributed by atoms with Gasteiger partial charge in [-0.15, -0.1) is 0 Å². The molecule has 4 aliphatic carbocycles. The second-order valence-corrected chi connectivity index (χ2v) is 13.7. The van der Waals surface area contributed by atoms with Gasteiger partial charge >= 0.3 is 5.97 Å². The van der Waals surface area contributed by atoms with Crippen molar-refractivity contribution in [2.45, 2.75) is 97.7 Å². The van der Waals surface area contributed by atoms with Gasteiger partial charge in [-0.2, -0.15) is 0 Å². The molecule has 0 aliphatic heterocycles. The quantitative estimate of drug-likeness (QED) is 0.372. The van der Waals surface area contributed by atoms with Crippen LogP contribution in [0.4, 0.5) is 4.39 Å². The molecule has 0 saturated heterocycles. The van der Waals surface area contributed by atoms with Gasteiger partial charge in [0.05, 0.1) is 18.8 Å². The molecule has 4 unspecified atom stereocenters. The molecule has 4 aliphatic rings. The Morgan fingerprint density at radius 3 is 2.50 bits per heavy atom. The van der Waals surface area contributed by atoms with Crippen molar-refractivity contribution in [2.24, 2.45) is 52.3 Å². The molecule has 6 heteroatoms. The number of aliphatic hydroxyl groups excluding tert-OH is 2. The maximum absolute atomic E-state index is 13.5. The highest BCUT2D eigenvalue weighted by Gasteiger charge is 2.64. The Balaban J connectivity index is 1.30. The summed E-state index contributed by atoms with van der Waals surface area (Å²) in [6.07, 6.45) is 8.74. The van der Waals surface area contributed by atoms with Crippen molar-refractivity contribution in [3.05, 3.63) is 29.6 Å². The van der Waals surface area contributed by atoms with Crippen LogP contribution in [0.2, 0.25) is 0 Å². The van der Waals surface area contributed by atoms with Gasteiger partial charge in [-0.1, -0.05) is 34.1 Å². The SMILES string of the molecule is CC[C@H]1C(O)C2C3CC[C@H]([C@H](C)CCOc4ccc(F)cc4C(=O)O)[C@@]3(C)CCC2[C@@]2(C)CC[C@@H](O)C[C@@H]12. The average Bonchev–Trinajstić information content (AvgIpc) is 3.23. The molecule has 1 aromatic rings. The number of halogens is 1. The highest BCUT2D eigenvalue weighted by molar-refractivity contribution is 5.90. The number of carboxylic acids is 1. The number of hydrogen-bond acceptors (Lipinski definition) is 4. The van der Waals surface area contributed by atoms with E-state index in [0.29, 0.717) is 42.1 Å². The van der Waals surface area contributed by atoms with E-state index in [0.717, 1.165) is 57.4 Å². The van der Waals surface area contributed by atoms with Crippen molar-refractivity contribution in [3.63, 3.8) is 0 Å². The number of carbonyl (C=O) groups is 1. The van der Waals surface area contributed by atoms with E-state index < -0.39 is 11.8 Å². The molecule has 11 atom stereocenters. The first kappa shape index (κ1) is 27.9. The van der Waals surface area contributed by atoms with Crippen molar-refractivity contribution in [2.75, 3.05) is 6.61 Å². The van der Waals surface area contributed by atoms with E-state index in [4.69, 9.17) is 4.74 Å². The smallest absolute Gasteiger partial charge is 0.339 e. The third-order valence-corrected chi connectivity index (χ3v) is 12.2. The van der Waals surface area contributed by atoms with Crippen LogP contribution in [-0.2, 0) is 0 Å². The van der Waals surface area contributed by atoms with Crippen LogP contribution in [0.3, 0.4) is 0 Å². The molecule has 3 N–H and O–H groups in total. The number of benzene rings is 1. The Morgan fingerprint density at radius 2 is 1.79 bits per heavy atom. The number of rotatable bonds is 7. The summed E-state index contributed by atoms with van der Waals surface area (Å²) in [4.78, 5) is 11.5. The Bertz CT molecular complexity index is 1030. The lowest BCUT2D eigenvalue weighted by Gasteiger charge is -2.64. The van der Waals surface area contributed by atoms with Crippen LogP contribution in [0.15, 0.2) is 18.2 Å². The summed E-state index contributed by atoms with van der Waals surface area (Å²) in [5, 5.41) is 31.8. The zero-order valence-corrected chi connectivity index (χ0v) is 23.5. The molecule has 1 aromatic carbocycles. The summed E-state index contributed by atoms with van der Waals surface area (Å²) < 4.78 is 19.4. The Labute approximate surface area is 227 Å². The highest BCUT2D eigenvalue weighted by atomic mass is 19.1. The van der Waals surface area contributed by atoms with Gasteiger partial charge in [-0.3, -0.25) is 0 Å². The Kier molecular flexibility index (Phi) is 7.62. The van der Waals surface area contributed by atoms with E-state index in [1.165, 1.54) is 18.6 Å². The zero-order chi connectivity index (χ0) is 27.4. The molecule has 212 valence electrons. The summed E-state index contributed by atoms with van der Waals surface area (Å²) in [7, 11) is 0. The molecular formula is C32H47FO5. The maximum atomic E-state index is 13.5. The number of aromatic carboxylic acids is 1. The van der Waals surface area contributed by atoms with Gasteiger partial charge in [-0.05, 0) is 122 Å². The first-order valence-electron chi connectivity index (χ1n) is 15.0. The fourth-order valence-corrected chi connectivity index (χ4v) is 10.3. The second-order valence-electron chi connectivity index (χ2n) is 13.7. The van der Waals surface area contributed by atoms with E-state index in [9.17, 15) is 24.5 Å². The highest BCUT2D eigenvalue weighted by Crippen LogP contribution is 2.69. The third-order valence-electron chi connectivity index (χ3n) is 12.2. The van der Waals surface area contributed by atoms with Crippen LogP contribution in [0.25, 0.3) is 0 Å². The molecule has 0 spiro atoms. The van der Waals surface area contributed by atoms with Crippen molar-refractivity contribution < 1.29 is 29.2 Å². The minimum Gasteiger partial charge on any atom is -0.493 e. The first-order chi connectivity index (χ1) is 18.0. The van der Waals surface area contributed by atoms with Gasteiger partial charge in [0.1, 0.15) is 17.1 Å². The number of hydrogen-bond donors (Lipinski definition) is 3. The molecule has 0 radical (unpaired) electrons. The summed E-state index contributed by atoms with van der Waals surface area (Å²) in [5.74, 6) is 1.45. The normalized spacial score (nSPS) is 43.0. The Hall–Kier alpha value is -1.66. The second kappa shape index (κ2) is 10.4. The number of aliphatic hydroxyl groups is 2. The van der Waals surface area contributed by atoms with Gasteiger partial charge < -0.3 is 20.1 Å². The van der Waals surface area contributed by atoms with Crippen LogP contribution < -0.4 is 4.74 Å². The van der Waals surface area contributed by atoms with E-state index in [1.54, 1.807) is 0 Å². The van der Waals surface area contributed by atoms with Gasteiger partial charge in [0.25, 0.3) is 0 Å². The minimum atomic E-state index is -1.18. The van der Waals surface area contributed by atoms with Crippen LogP contribution >= 0.6 is 0 Å². The summed E-state index contributed by atoms with van der Waals surface area (Å²) in [6, 6.07) is 3.66. The largest absolute Gasteiger partial charge is 0.493 e. The van der Waals surface area contributed by atoms with E-state index in [1.807, 2.05) is 0 Å². The van der Waals surface area contributed by atoms with Gasteiger partial charge in [0.15, 0.2) is 0 Å². The van der Waals surface area contributed by atoms with Crippen molar-refractivity contribution in [1.82, 2.24) is 0 Å². The molecule has 0 aromatic heterocycles. The first-order valence-corrected chi connectivity index (χ1v) is 15.0. The fraction of sp³-hybridized carbons (Fsp3) is 0.781. The molecule has 0 bridgehead atoms. The topological polar surface area (TPSA) is 87.0 Å². The van der Waals surface area contributed by atoms with Crippen LogP contribution in [-0.4, -0.2) is 40.1 Å². The summed E-state index contributed by atoms with van der Waals surface area (Å²) in [6.45, 7) is 9.86. The Morgan fingerprint density at radius 1 is 1.08 bits per heavy atom. The molecule has 4 saturated carbocycles. The van der Waals surface area contributed by atoms with Crippen LogP contribution in [0, 0.1) is 58.1 Å². The molecule has 5 rings (SSSR count). The lowest BCUT2D eigenvalue weighted by atomic mass is 9.41. The van der Waals surface area contributed by atoms with Crippen molar-refractivity contribution >= 4 is 5.97 Å². The summed E-state index contributed by atoms with van der Waals surface area (Å²) >= 11 is 0. The lowest BCUT2D eigenvalue weighted by molar-refractivity contribution is -0.203. The van der Waals surface area contributed by atoms with Crippen molar-refractivity contribution in [3.8, 4) is 5.75 Å². The number of ether oxygens (including phenoxy) is 1. The van der Waals surface area contributed by atoms with Crippen LogP contribution in [0.5, 0.6) is 5.75 Å². The van der Waals surface area contributed by atoms with Gasteiger partial charge in [0, 0.05) is 0 Å².